The van der Waals surface area contributed by atoms with E-state index in [0.29, 0.717) is 72.2 Å². The van der Waals surface area contributed by atoms with Crippen LogP contribution in [0.1, 0.15) is 65.2 Å². The molecule has 4 saturated carbocycles. The first-order chi connectivity index (χ1) is 20.8. The molecule has 8 nitrogen and oxygen atoms in total. The number of quaternary nitrogens is 2. The van der Waals surface area contributed by atoms with Crippen LogP contribution in [-0.2, 0) is 28.5 Å². The van der Waals surface area contributed by atoms with Crippen LogP contribution in [0.25, 0.3) is 0 Å². The molecule has 0 unspecified atom stereocenters. The Balaban J connectivity index is 1.15. The fourth-order valence-electron chi connectivity index (χ4n) is 10.8. The summed E-state index contributed by atoms with van der Waals surface area (Å²) in [6.45, 7) is 11.4. The molecule has 0 amide bonds. The molecule has 4 aliphatic carbocycles. The number of hydrogen-bond donors (Lipinski definition) is 0. The van der Waals surface area contributed by atoms with Gasteiger partial charge in [0, 0.05) is 25.7 Å². The third kappa shape index (κ3) is 5.70. The maximum Gasteiger partial charge on any atom is 0.363 e. The summed E-state index contributed by atoms with van der Waals surface area (Å²) in [4.78, 5) is 26.6. The average molecular weight is 611 g/mol. The van der Waals surface area contributed by atoms with Crippen LogP contribution < -0.4 is 0 Å². The summed E-state index contributed by atoms with van der Waals surface area (Å²) in [7, 11) is 4.20. The number of carbonyl (C=O) groups is 2. The summed E-state index contributed by atoms with van der Waals surface area (Å²) in [5, 5.41) is 0. The third-order valence-corrected chi connectivity index (χ3v) is 13.3. The van der Waals surface area contributed by atoms with Crippen LogP contribution in [0, 0.1) is 59.2 Å². The number of rotatable bonds is 6. The lowest BCUT2D eigenvalue weighted by Crippen LogP contribution is -2.55. The Morgan fingerprint density at radius 1 is 0.773 bits per heavy atom. The standard InChI is InChI=1S/C36H54N2O6/c1-7-35(43-31(39)23-37(5)13-17-41-18-14-37)21-27-9-10-28-29(34(27,4)26-35)11-12-33(3)25-36(8-2,22-30(28)33)44-32(40)24-38(6)15-19-42-20-16-38/h1-2,27-30H,9-26H2,3-6H3/q+2/t27-,28-,29-,30-,33-,34-,35+,36+/m0/s1. The van der Waals surface area contributed by atoms with Crippen molar-refractivity contribution in [1.29, 1.82) is 0 Å². The number of hydrogen-bond acceptors (Lipinski definition) is 6. The summed E-state index contributed by atoms with van der Waals surface area (Å²) >= 11 is 0. The summed E-state index contributed by atoms with van der Waals surface area (Å²) in [5.41, 5.74) is -1.65. The number of fused-ring (bicyclic) bond motifs is 5. The number of likely N-dealkylation sites (N-methyl/N-ethyl adjacent to an activating group) is 2. The fourth-order valence-corrected chi connectivity index (χ4v) is 10.8. The Morgan fingerprint density at radius 2 is 1.30 bits per heavy atom. The highest BCUT2D eigenvalue weighted by Crippen LogP contribution is 2.69. The number of terminal acetylenes is 2. The van der Waals surface area contributed by atoms with Gasteiger partial charge in [0.2, 0.25) is 0 Å². The van der Waals surface area contributed by atoms with Crippen molar-refractivity contribution >= 4 is 11.9 Å². The van der Waals surface area contributed by atoms with Crippen molar-refractivity contribution in [3.63, 3.8) is 0 Å². The van der Waals surface area contributed by atoms with Gasteiger partial charge < -0.3 is 27.9 Å². The van der Waals surface area contributed by atoms with Crippen LogP contribution in [-0.4, -0.2) is 112 Å². The summed E-state index contributed by atoms with van der Waals surface area (Å²) in [5.74, 6) is 7.43. The highest BCUT2D eigenvalue weighted by Gasteiger charge is 2.66. The lowest BCUT2D eigenvalue weighted by molar-refractivity contribution is -0.910. The van der Waals surface area contributed by atoms with Crippen LogP contribution in [0.5, 0.6) is 0 Å². The molecular weight excluding hydrogens is 556 g/mol. The average Bonchev–Trinajstić information content (AvgIpc) is 3.43. The smallest absolute Gasteiger partial charge is 0.363 e. The number of morpholine rings is 2. The first kappa shape index (κ1) is 31.9. The second-order valence-corrected chi connectivity index (χ2v) is 16.5. The molecule has 6 fully saturated rings. The second-order valence-electron chi connectivity index (χ2n) is 16.5. The van der Waals surface area contributed by atoms with Crippen molar-refractivity contribution in [1.82, 2.24) is 0 Å². The lowest BCUT2D eigenvalue weighted by atomic mass is 9.48. The second kappa shape index (κ2) is 11.3. The van der Waals surface area contributed by atoms with Gasteiger partial charge in [-0.1, -0.05) is 25.7 Å². The minimum atomic E-state index is -0.846. The highest BCUT2D eigenvalue weighted by molar-refractivity contribution is 5.72. The number of esters is 2. The van der Waals surface area contributed by atoms with E-state index in [2.05, 4.69) is 39.8 Å². The molecule has 8 heteroatoms. The van der Waals surface area contributed by atoms with Gasteiger partial charge in [0.05, 0.1) is 40.5 Å². The van der Waals surface area contributed by atoms with Gasteiger partial charge in [-0.05, 0) is 60.2 Å². The van der Waals surface area contributed by atoms with Gasteiger partial charge in [-0.15, -0.1) is 12.8 Å². The molecule has 242 valence electrons. The van der Waals surface area contributed by atoms with Crippen molar-refractivity contribution < 1.29 is 37.5 Å². The molecule has 0 spiro atoms. The minimum Gasteiger partial charge on any atom is -0.442 e. The molecule has 0 aromatic carbocycles. The van der Waals surface area contributed by atoms with E-state index in [9.17, 15) is 9.59 Å². The first-order valence-electron chi connectivity index (χ1n) is 17.0. The van der Waals surface area contributed by atoms with Gasteiger partial charge in [-0.25, -0.2) is 9.59 Å². The number of nitrogens with zero attached hydrogens (tertiary/aromatic N) is 2. The molecule has 2 heterocycles. The monoisotopic (exact) mass is 610 g/mol. The normalized spacial score (nSPS) is 43.8. The topological polar surface area (TPSA) is 71.1 Å². The summed E-state index contributed by atoms with van der Waals surface area (Å²) < 4.78 is 24.9. The largest absolute Gasteiger partial charge is 0.442 e. The highest BCUT2D eigenvalue weighted by atomic mass is 16.6. The maximum atomic E-state index is 13.3. The van der Waals surface area contributed by atoms with E-state index in [1.807, 2.05) is 0 Å². The Bertz CT molecular complexity index is 1230. The Labute approximate surface area is 264 Å². The van der Waals surface area contributed by atoms with Gasteiger partial charge in [-0.3, -0.25) is 0 Å². The molecule has 0 aromatic rings. The van der Waals surface area contributed by atoms with Crippen LogP contribution in [0.2, 0.25) is 0 Å². The Kier molecular flexibility index (Phi) is 8.19. The van der Waals surface area contributed by atoms with Gasteiger partial charge >= 0.3 is 11.9 Å². The molecule has 8 atom stereocenters. The zero-order valence-electron chi connectivity index (χ0n) is 27.5. The number of carbonyl (C=O) groups excluding carboxylic acids is 2. The van der Waals surface area contributed by atoms with Crippen LogP contribution in [0.4, 0.5) is 0 Å². The van der Waals surface area contributed by atoms with Crippen molar-refractivity contribution in [3.8, 4) is 24.7 Å². The number of ether oxygens (including phenoxy) is 4. The van der Waals surface area contributed by atoms with Gasteiger partial charge in [0.25, 0.3) is 0 Å². The zero-order chi connectivity index (χ0) is 31.4. The Hall–Kier alpha value is -2.10. The summed E-state index contributed by atoms with van der Waals surface area (Å²) in [6, 6.07) is 0. The van der Waals surface area contributed by atoms with E-state index < -0.39 is 11.2 Å². The van der Waals surface area contributed by atoms with E-state index >= 15 is 0 Å². The van der Waals surface area contributed by atoms with Crippen LogP contribution >= 0.6 is 0 Å². The molecular formula is C36H54N2O6+2. The molecule has 6 aliphatic rings. The molecule has 0 aromatic heterocycles. The minimum absolute atomic E-state index is 0.00152. The van der Waals surface area contributed by atoms with E-state index in [1.165, 1.54) is 0 Å². The van der Waals surface area contributed by atoms with E-state index in [4.69, 9.17) is 31.8 Å². The lowest BCUT2D eigenvalue weighted by Gasteiger charge is -2.56. The van der Waals surface area contributed by atoms with Gasteiger partial charge in [0.1, 0.15) is 26.2 Å². The van der Waals surface area contributed by atoms with E-state index in [1.54, 1.807) is 0 Å². The third-order valence-electron chi connectivity index (χ3n) is 13.3. The molecule has 0 radical (unpaired) electrons. The molecule has 0 bridgehead atoms. The molecule has 0 N–H and O–H groups in total. The zero-order valence-corrected chi connectivity index (χ0v) is 27.5. The fraction of sp³-hybridized carbons (Fsp3) is 0.833. The molecule has 6 rings (SSSR count). The predicted molar refractivity (Wildman–Crippen MR) is 166 cm³/mol. The predicted octanol–water partition coefficient (Wildman–Crippen LogP) is 3.42. The molecule has 2 saturated heterocycles. The van der Waals surface area contributed by atoms with Crippen molar-refractivity contribution in [3.05, 3.63) is 0 Å². The summed E-state index contributed by atoms with van der Waals surface area (Å²) in [6.07, 6.45) is 19.7. The van der Waals surface area contributed by atoms with Gasteiger partial charge in [-0.2, -0.15) is 0 Å². The molecule has 2 aliphatic heterocycles. The van der Waals surface area contributed by atoms with Gasteiger partial charge in [0.15, 0.2) is 24.3 Å². The van der Waals surface area contributed by atoms with Crippen molar-refractivity contribution in [2.24, 2.45) is 34.5 Å². The van der Waals surface area contributed by atoms with Crippen LogP contribution in [0.3, 0.4) is 0 Å². The Morgan fingerprint density at radius 3 is 1.82 bits per heavy atom. The van der Waals surface area contributed by atoms with E-state index in [-0.39, 0.29) is 22.8 Å². The first-order valence-corrected chi connectivity index (χ1v) is 17.0. The SMILES string of the molecule is C#C[C@@]1(OC(=O)C[N+]2(C)CCOCC2)C[C@H]2[C@H]3CC[C@H]4C[C@@](C#C)(OC(=O)C[N+]5(C)CCOCC5)C[C@]4(C)[C@H]3CC[C@@]2(C)C1. The quantitative estimate of drug-likeness (QED) is 0.261. The van der Waals surface area contributed by atoms with Crippen LogP contribution in [0.15, 0.2) is 0 Å². The van der Waals surface area contributed by atoms with E-state index in [0.717, 1.165) is 77.5 Å². The molecule has 44 heavy (non-hydrogen) atoms. The van der Waals surface area contributed by atoms with Crippen molar-refractivity contribution in [2.75, 3.05) is 79.8 Å². The maximum absolute atomic E-state index is 13.3. The van der Waals surface area contributed by atoms with Crippen molar-refractivity contribution in [2.45, 2.75) is 76.4 Å².